The number of rotatable bonds is 3. The van der Waals surface area contributed by atoms with E-state index in [1.807, 2.05) is 16.7 Å². The number of aliphatic carboxylic acids is 1. The second kappa shape index (κ2) is 5.91. The Labute approximate surface area is 109 Å². The van der Waals surface area contributed by atoms with Gasteiger partial charge in [0.2, 0.25) is 0 Å². The van der Waals surface area contributed by atoms with Crippen molar-refractivity contribution in [1.29, 1.82) is 0 Å². The minimum Gasteiger partial charge on any atom is -0.478 e. The molecule has 1 fully saturated rings. The van der Waals surface area contributed by atoms with Crippen LogP contribution in [0.5, 0.6) is 0 Å². The van der Waals surface area contributed by atoms with Gasteiger partial charge in [-0.2, -0.15) is 11.8 Å². The topological polar surface area (TPSA) is 40.5 Å². The number of halogens is 1. The molecule has 0 aromatic heterocycles. The van der Waals surface area contributed by atoms with Crippen molar-refractivity contribution in [3.8, 4) is 0 Å². The molecule has 1 saturated heterocycles. The van der Waals surface area contributed by atoms with Gasteiger partial charge in [-0.1, -0.05) is 12.1 Å². The summed E-state index contributed by atoms with van der Waals surface area (Å²) in [7, 11) is 0. The van der Waals surface area contributed by atoms with E-state index in [1.54, 1.807) is 12.1 Å². The fourth-order valence-electron chi connectivity index (χ4n) is 1.95. The molecule has 1 aliphatic heterocycles. The van der Waals surface area contributed by atoms with Gasteiger partial charge in [-0.05, 0) is 12.1 Å². The van der Waals surface area contributed by atoms with Crippen LogP contribution < -0.4 is 4.90 Å². The molecule has 2 rings (SSSR count). The van der Waals surface area contributed by atoms with E-state index in [0.29, 0.717) is 11.3 Å². The van der Waals surface area contributed by atoms with Gasteiger partial charge in [0.15, 0.2) is 0 Å². The summed E-state index contributed by atoms with van der Waals surface area (Å²) in [6.45, 7) is 1.58. The number of hydrogen-bond acceptors (Lipinski definition) is 3. The second-order valence-electron chi connectivity index (χ2n) is 3.95. The molecule has 96 valence electrons. The Morgan fingerprint density at radius 1 is 1.39 bits per heavy atom. The van der Waals surface area contributed by atoms with E-state index in [0.717, 1.165) is 30.7 Å². The molecule has 5 heteroatoms. The predicted octanol–water partition coefficient (Wildman–Crippen LogP) is 2.48. The molecule has 0 bridgehead atoms. The lowest BCUT2D eigenvalue weighted by Gasteiger charge is -2.30. The van der Waals surface area contributed by atoms with Crippen LogP contribution in [0.15, 0.2) is 24.3 Å². The Balaban J connectivity index is 2.34. The van der Waals surface area contributed by atoms with Gasteiger partial charge >= 0.3 is 5.97 Å². The van der Waals surface area contributed by atoms with Gasteiger partial charge in [-0.15, -0.1) is 0 Å². The second-order valence-corrected chi connectivity index (χ2v) is 5.17. The molecule has 18 heavy (non-hydrogen) atoms. The van der Waals surface area contributed by atoms with Crippen molar-refractivity contribution in [2.45, 2.75) is 0 Å². The lowest BCUT2D eigenvalue weighted by molar-refractivity contribution is -0.131. The summed E-state index contributed by atoms with van der Waals surface area (Å²) in [5, 5.41) is 8.65. The molecule has 0 atom stereocenters. The van der Waals surface area contributed by atoms with Crippen LogP contribution in [0.25, 0.3) is 6.08 Å². The van der Waals surface area contributed by atoms with E-state index in [9.17, 15) is 9.18 Å². The van der Waals surface area contributed by atoms with Gasteiger partial charge in [0.25, 0.3) is 0 Å². The summed E-state index contributed by atoms with van der Waals surface area (Å²) in [4.78, 5) is 12.5. The van der Waals surface area contributed by atoms with Gasteiger partial charge in [0, 0.05) is 36.2 Å². The number of carboxylic acid groups (broad SMARTS) is 1. The number of nitrogens with zero attached hydrogens (tertiary/aromatic N) is 1. The highest BCUT2D eigenvalue weighted by Crippen LogP contribution is 2.28. The first kappa shape index (κ1) is 13.0. The molecule has 1 heterocycles. The third-order valence-electron chi connectivity index (χ3n) is 2.75. The van der Waals surface area contributed by atoms with Crippen LogP contribution in [0.4, 0.5) is 10.1 Å². The number of hydrogen-bond donors (Lipinski definition) is 1. The van der Waals surface area contributed by atoms with E-state index in [-0.39, 0.29) is 5.82 Å². The van der Waals surface area contributed by atoms with Crippen LogP contribution in [0.2, 0.25) is 0 Å². The Morgan fingerprint density at radius 2 is 2.11 bits per heavy atom. The summed E-state index contributed by atoms with van der Waals surface area (Å²) >= 11 is 1.85. The van der Waals surface area contributed by atoms with E-state index in [1.165, 1.54) is 12.1 Å². The first-order chi connectivity index (χ1) is 8.68. The summed E-state index contributed by atoms with van der Waals surface area (Å²) in [6.07, 6.45) is 2.49. The molecular formula is C13H14FNO2S. The zero-order valence-corrected chi connectivity index (χ0v) is 10.6. The maximum Gasteiger partial charge on any atom is 0.328 e. The largest absolute Gasteiger partial charge is 0.478 e. The Bertz CT molecular complexity index is 470. The fraction of sp³-hybridized carbons (Fsp3) is 0.308. The molecule has 1 aliphatic rings. The van der Waals surface area contributed by atoms with Crippen molar-refractivity contribution in [3.63, 3.8) is 0 Å². The standard InChI is InChI=1S/C13H14FNO2S/c14-11-3-1-2-10(4-5-12(16)17)13(11)15-6-8-18-9-7-15/h1-5H,6-9H2,(H,16,17)/b5-4+. The third kappa shape index (κ3) is 3.04. The van der Waals surface area contributed by atoms with Crippen LogP contribution in [0, 0.1) is 5.82 Å². The monoisotopic (exact) mass is 267 g/mol. The lowest BCUT2D eigenvalue weighted by atomic mass is 10.1. The van der Waals surface area contributed by atoms with Gasteiger partial charge in [0.05, 0.1) is 5.69 Å². The van der Waals surface area contributed by atoms with E-state index >= 15 is 0 Å². The van der Waals surface area contributed by atoms with Gasteiger partial charge in [0.1, 0.15) is 5.82 Å². The molecule has 1 aromatic carbocycles. The van der Waals surface area contributed by atoms with Crippen molar-refractivity contribution < 1.29 is 14.3 Å². The molecule has 0 amide bonds. The van der Waals surface area contributed by atoms with Gasteiger partial charge < -0.3 is 10.0 Å². The molecule has 0 aliphatic carbocycles. The van der Waals surface area contributed by atoms with Crippen molar-refractivity contribution in [1.82, 2.24) is 0 Å². The summed E-state index contributed by atoms with van der Waals surface area (Å²) in [5.41, 5.74) is 1.12. The molecular weight excluding hydrogens is 253 g/mol. The van der Waals surface area contributed by atoms with Crippen LogP contribution in [-0.2, 0) is 4.79 Å². The van der Waals surface area contributed by atoms with Crippen molar-refractivity contribution in [2.24, 2.45) is 0 Å². The average molecular weight is 267 g/mol. The van der Waals surface area contributed by atoms with Crippen molar-refractivity contribution >= 4 is 29.5 Å². The van der Waals surface area contributed by atoms with E-state index < -0.39 is 5.97 Å². The first-order valence-corrected chi connectivity index (χ1v) is 6.86. The van der Waals surface area contributed by atoms with Gasteiger partial charge in [-0.25, -0.2) is 9.18 Å². The fourth-order valence-corrected chi connectivity index (χ4v) is 2.85. The Kier molecular flexibility index (Phi) is 4.25. The minimum atomic E-state index is -1.03. The summed E-state index contributed by atoms with van der Waals surface area (Å²) in [5.74, 6) is 0.612. The molecule has 0 unspecified atom stereocenters. The average Bonchev–Trinajstić information content (AvgIpc) is 2.37. The highest BCUT2D eigenvalue weighted by atomic mass is 32.2. The lowest BCUT2D eigenvalue weighted by Crippen LogP contribution is -2.33. The third-order valence-corrected chi connectivity index (χ3v) is 3.69. The highest BCUT2D eigenvalue weighted by molar-refractivity contribution is 7.99. The van der Waals surface area contributed by atoms with Crippen molar-refractivity contribution in [3.05, 3.63) is 35.7 Å². The van der Waals surface area contributed by atoms with Gasteiger partial charge in [-0.3, -0.25) is 0 Å². The minimum absolute atomic E-state index is 0.297. The highest BCUT2D eigenvalue weighted by Gasteiger charge is 2.17. The molecule has 1 N–H and O–H groups in total. The van der Waals surface area contributed by atoms with E-state index in [4.69, 9.17) is 5.11 Å². The summed E-state index contributed by atoms with van der Waals surface area (Å²) in [6, 6.07) is 4.74. The predicted molar refractivity (Wildman–Crippen MR) is 72.6 cm³/mol. The molecule has 0 radical (unpaired) electrons. The maximum atomic E-state index is 13.9. The number of thioether (sulfide) groups is 1. The zero-order chi connectivity index (χ0) is 13.0. The number of carboxylic acids is 1. The van der Waals surface area contributed by atoms with Crippen LogP contribution >= 0.6 is 11.8 Å². The SMILES string of the molecule is O=C(O)/C=C/c1cccc(F)c1N1CCSCC1. The first-order valence-electron chi connectivity index (χ1n) is 5.70. The number of para-hydroxylation sites is 1. The van der Waals surface area contributed by atoms with Crippen molar-refractivity contribution in [2.75, 3.05) is 29.5 Å². The molecule has 0 saturated carbocycles. The van der Waals surface area contributed by atoms with Crippen LogP contribution in [-0.4, -0.2) is 35.7 Å². The number of anilines is 1. The Hall–Kier alpha value is -1.49. The Morgan fingerprint density at radius 3 is 2.78 bits per heavy atom. The zero-order valence-electron chi connectivity index (χ0n) is 9.80. The summed E-state index contributed by atoms with van der Waals surface area (Å²) < 4.78 is 13.9. The molecule has 0 spiro atoms. The van der Waals surface area contributed by atoms with Crippen LogP contribution in [0.3, 0.4) is 0 Å². The quantitative estimate of drug-likeness (QED) is 0.854. The number of carbonyl (C=O) groups is 1. The van der Waals surface area contributed by atoms with E-state index in [2.05, 4.69) is 0 Å². The normalized spacial score (nSPS) is 16.2. The maximum absolute atomic E-state index is 13.9. The van der Waals surface area contributed by atoms with Crippen LogP contribution in [0.1, 0.15) is 5.56 Å². The molecule has 1 aromatic rings. The number of benzene rings is 1. The smallest absolute Gasteiger partial charge is 0.328 e. The molecule has 3 nitrogen and oxygen atoms in total.